The summed E-state index contributed by atoms with van der Waals surface area (Å²) in [5, 5.41) is 15.0. The van der Waals surface area contributed by atoms with E-state index in [1.54, 1.807) is 37.5 Å². The molecule has 1 heterocycles. The predicted octanol–water partition coefficient (Wildman–Crippen LogP) is 4.61. The van der Waals surface area contributed by atoms with Crippen LogP contribution in [-0.2, 0) is 9.59 Å². The second-order valence-corrected chi connectivity index (χ2v) is 7.24. The van der Waals surface area contributed by atoms with E-state index in [0.717, 1.165) is 28.4 Å². The third-order valence-electron chi connectivity index (χ3n) is 4.93. The molecule has 0 bridgehead atoms. The Balaban J connectivity index is 1.83. The molecule has 0 aliphatic heterocycles. The van der Waals surface area contributed by atoms with Gasteiger partial charge in [-0.3, -0.25) is 9.59 Å². The number of benzene rings is 2. The molecule has 0 saturated heterocycles. The van der Waals surface area contributed by atoms with Crippen molar-refractivity contribution in [2.24, 2.45) is 0 Å². The Bertz CT molecular complexity index is 1210. The quantitative estimate of drug-likeness (QED) is 0.443. The van der Waals surface area contributed by atoms with Gasteiger partial charge in [-0.05, 0) is 80.1 Å². The summed E-state index contributed by atoms with van der Waals surface area (Å²) < 4.78 is 7.27. The topological polar surface area (TPSA) is 96.2 Å². The van der Waals surface area contributed by atoms with E-state index in [1.807, 2.05) is 50.2 Å². The summed E-state index contributed by atoms with van der Waals surface area (Å²) in [5.74, 6) is 0.0858. The molecule has 7 heteroatoms. The van der Waals surface area contributed by atoms with Crippen molar-refractivity contribution in [1.29, 1.82) is 5.26 Å². The maximum atomic E-state index is 12.7. The lowest BCUT2D eigenvalue weighted by molar-refractivity contribution is -0.114. The molecule has 0 spiro atoms. The van der Waals surface area contributed by atoms with Crippen LogP contribution in [0.15, 0.2) is 60.2 Å². The molecule has 1 aromatic heterocycles. The molecule has 3 aromatic rings. The van der Waals surface area contributed by atoms with Crippen LogP contribution in [0.1, 0.15) is 23.9 Å². The molecule has 7 nitrogen and oxygen atoms in total. The minimum absolute atomic E-state index is 0.00841. The first-order chi connectivity index (χ1) is 15.3. The van der Waals surface area contributed by atoms with Crippen molar-refractivity contribution in [3.8, 4) is 17.5 Å². The lowest BCUT2D eigenvalue weighted by Crippen LogP contribution is -2.13. The van der Waals surface area contributed by atoms with E-state index >= 15 is 0 Å². The molecule has 162 valence electrons. The Morgan fingerprint density at radius 2 is 1.59 bits per heavy atom. The molecule has 2 aromatic carbocycles. The Morgan fingerprint density at radius 3 is 2.12 bits per heavy atom. The first-order valence-electron chi connectivity index (χ1n) is 9.96. The van der Waals surface area contributed by atoms with Gasteiger partial charge >= 0.3 is 0 Å². The molecule has 2 amide bonds. The van der Waals surface area contributed by atoms with Gasteiger partial charge in [0, 0.05) is 35.4 Å². The summed E-state index contributed by atoms with van der Waals surface area (Å²) in [5.41, 5.74) is 4.77. The largest absolute Gasteiger partial charge is 0.497 e. The number of anilines is 2. The smallest absolute Gasteiger partial charge is 0.266 e. The first-order valence-corrected chi connectivity index (χ1v) is 9.96. The third-order valence-corrected chi connectivity index (χ3v) is 4.93. The van der Waals surface area contributed by atoms with Crippen LogP contribution in [0, 0.1) is 25.2 Å². The Hall–Kier alpha value is -4.31. The summed E-state index contributed by atoms with van der Waals surface area (Å²) >= 11 is 0. The molecule has 0 unspecified atom stereocenters. The van der Waals surface area contributed by atoms with Gasteiger partial charge in [-0.15, -0.1) is 0 Å². The van der Waals surface area contributed by atoms with Gasteiger partial charge in [0.05, 0.1) is 7.11 Å². The maximum Gasteiger partial charge on any atom is 0.266 e. The molecule has 0 atom stereocenters. The molecule has 2 N–H and O–H groups in total. The molecule has 0 radical (unpaired) electrons. The number of nitrogens with one attached hydrogen (secondary N) is 2. The van der Waals surface area contributed by atoms with E-state index in [4.69, 9.17) is 4.74 Å². The van der Waals surface area contributed by atoms with Crippen molar-refractivity contribution in [3.63, 3.8) is 0 Å². The number of hydrogen-bond donors (Lipinski definition) is 2. The number of hydrogen-bond acceptors (Lipinski definition) is 4. The van der Waals surface area contributed by atoms with Gasteiger partial charge in [0.25, 0.3) is 5.91 Å². The molecule has 32 heavy (non-hydrogen) atoms. The number of aryl methyl sites for hydroxylation is 1. The van der Waals surface area contributed by atoms with Crippen LogP contribution < -0.4 is 15.4 Å². The number of rotatable bonds is 6. The summed E-state index contributed by atoms with van der Waals surface area (Å²) in [6.45, 7) is 5.33. The van der Waals surface area contributed by atoms with Crippen molar-refractivity contribution in [3.05, 3.63) is 77.1 Å². The Labute approximate surface area is 186 Å². The summed E-state index contributed by atoms with van der Waals surface area (Å²) in [6, 6.07) is 18.3. The van der Waals surface area contributed by atoms with E-state index < -0.39 is 5.91 Å². The van der Waals surface area contributed by atoms with Gasteiger partial charge in [-0.1, -0.05) is 0 Å². The Kier molecular flexibility index (Phi) is 6.76. The van der Waals surface area contributed by atoms with Crippen molar-refractivity contribution < 1.29 is 14.3 Å². The van der Waals surface area contributed by atoms with Gasteiger partial charge in [0.15, 0.2) is 0 Å². The molecule has 0 aliphatic rings. The van der Waals surface area contributed by atoms with E-state index in [2.05, 4.69) is 15.2 Å². The average Bonchev–Trinajstić information content (AvgIpc) is 3.05. The highest BCUT2D eigenvalue weighted by Crippen LogP contribution is 2.24. The normalized spacial score (nSPS) is 10.9. The molecule has 0 fully saturated rings. The number of carbonyl (C=O) groups excluding carboxylic acids is 2. The second kappa shape index (κ2) is 9.67. The van der Waals surface area contributed by atoms with Crippen LogP contribution in [0.25, 0.3) is 11.8 Å². The van der Waals surface area contributed by atoms with E-state index in [9.17, 15) is 14.9 Å². The maximum absolute atomic E-state index is 12.7. The fraction of sp³-hybridized carbons (Fsp3) is 0.160. The third kappa shape index (κ3) is 5.05. The standard InChI is InChI=1S/C25H24N4O3/c1-16-13-19(17(2)29(16)23-9-11-24(32-4)12-10-23)14-20(15-26)25(31)28-22-7-5-21(6-8-22)27-18(3)30/h5-14H,1-4H3,(H,27,30)(H,28,31)/b20-14+. The fourth-order valence-corrected chi connectivity index (χ4v) is 3.41. The summed E-state index contributed by atoms with van der Waals surface area (Å²) in [6.07, 6.45) is 1.59. The van der Waals surface area contributed by atoms with Gasteiger partial charge in [-0.2, -0.15) is 5.26 Å². The monoisotopic (exact) mass is 428 g/mol. The van der Waals surface area contributed by atoms with Crippen LogP contribution in [0.5, 0.6) is 5.75 Å². The molecule has 0 saturated carbocycles. The highest BCUT2D eigenvalue weighted by atomic mass is 16.5. The summed E-state index contributed by atoms with van der Waals surface area (Å²) in [7, 11) is 1.62. The van der Waals surface area contributed by atoms with Crippen molar-refractivity contribution in [2.45, 2.75) is 20.8 Å². The molecular weight excluding hydrogens is 404 g/mol. The number of nitriles is 1. The number of aromatic nitrogens is 1. The van der Waals surface area contributed by atoms with Crippen LogP contribution in [0.4, 0.5) is 11.4 Å². The zero-order chi connectivity index (χ0) is 23.3. The van der Waals surface area contributed by atoms with Gasteiger partial charge in [0.2, 0.25) is 5.91 Å². The number of carbonyl (C=O) groups is 2. The van der Waals surface area contributed by atoms with Crippen LogP contribution in [0.2, 0.25) is 0 Å². The van der Waals surface area contributed by atoms with Crippen molar-refractivity contribution in [2.75, 3.05) is 17.7 Å². The molecular formula is C25H24N4O3. The van der Waals surface area contributed by atoms with E-state index in [1.165, 1.54) is 6.92 Å². The second-order valence-electron chi connectivity index (χ2n) is 7.24. The minimum Gasteiger partial charge on any atom is -0.497 e. The number of nitrogens with zero attached hydrogens (tertiary/aromatic N) is 2. The highest BCUT2D eigenvalue weighted by Gasteiger charge is 2.14. The van der Waals surface area contributed by atoms with Crippen molar-refractivity contribution >= 4 is 29.3 Å². The fourth-order valence-electron chi connectivity index (χ4n) is 3.41. The summed E-state index contributed by atoms with van der Waals surface area (Å²) in [4.78, 5) is 23.8. The van der Waals surface area contributed by atoms with E-state index in [0.29, 0.717) is 11.4 Å². The van der Waals surface area contributed by atoms with Crippen LogP contribution in [0.3, 0.4) is 0 Å². The lowest BCUT2D eigenvalue weighted by atomic mass is 10.1. The molecule has 3 rings (SSSR count). The zero-order valence-electron chi connectivity index (χ0n) is 18.4. The SMILES string of the molecule is COc1ccc(-n2c(C)cc(/C=C(\C#N)C(=O)Nc3ccc(NC(C)=O)cc3)c2C)cc1. The highest BCUT2D eigenvalue weighted by molar-refractivity contribution is 6.09. The Morgan fingerprint density at radius 1 is 1.00 bits per heavy atom. The number of amides is 2. The average molecular weight is 428 g/mol. The predicted molar refractivity (Wildman–Crippen MR) is 125 cm³/mol. The van der Waals surface area contributed by atoms with Gasteiger partial charge in [0.1, 0.15) is 17.4 Å². The van der Waals surface area contributed by atoms with Crippen molar-refractivity contribution in [1.82, 2.24) is 4.57 Å². The van der Waals surface area contributed by atoms with Crippen LogP contribution >= 0.6 is 0 Å². The lowest BCUT2D eigenvalue weighted by Gasteiger charge is -2.10. The van der Waals surface area contributed by atoms with Crippen LogP contribution in [-0.4, -0.2) is 23.5 Å². The molecule has 0 aliphatic carbocycles. The zero-order valence-corrected chi connectivity index (χ0v) is 18.4. The number of methoxy groups -OCH3 is 1. The first kappa shape index (κ1) is 22.4. The van der Waals surface area contributed by atoms with E-state index in [-0.39, 0.29) is 11.5 Å². The van der Waals surface area contributed by atoms with Gasteiger partial charge in [-0.25, -0.2) is 0 Å². The van der Waals surface area contributed by atoms with Gasteiger partial charge < -0.3 is 19.9 Å². The minimum atomic E-state index is -0.506. The number of ether oxygens (including phenoxy) is 1.